The molecule has 0 radical (unpaired) electrons. The number of piperazine rings is 1. The lowest BCUT2D eigenvalue weighted by Gasteiger charge is -2.34. The van der Waals surface area contributed by atoms with E-state index in [1.54, 1.807) is 6.07 Å². The number of anilines is 1. The van der Waals surface area contributed by atoms with Gasteiger partial charge in [-0.05, 0) is 56.2 Å². The summed E-state index contributed by atoms with van der Waals surface area (Å²) in [6.07, 6.45) is 1.90. The first kappa shape index (κ1) is 25.2. The average Bonchev–Trinajstić information content (AvgIpc) is 3.35. The zero-order valence-corrected chi connectivity index (χ0v) is 21.5. The molecule has 37 heavy (non-hydrogen) atoms. The first-order chi connectivity index (χ1) is 17.7. The van der Waals surface area contributed by atoms with Crippen LogP contribution in [0.3, 0.4) is 0 Å². The second-order valence-corrected chi connectivity index (χ2v) is 10.1. The summed E-state index contributed by atoms with van der Waals surface area (Å²) in [5.74, 6) is -0.401. The lowest BCUT2D eigenvalue weighted by atomic mass is 9.91. The second-order valence-electron chi connectivity index (χ2n) is 10.1. The van der Waals surface area contributed by atoms with Gasteiger partial charge in [-0.2, -0.15) is 0 Å². The summed E-state index contributed by atoms with van der Waals surface area (Å²) in [5, 5.41) is 2.79. The maximum Gasteiger partial charge on any atom is 0.320 e. The number of benzene rings is 2. The molecule has 3 heterocycles. The molecule has 7 nitrogen and oxygen atoms in total. The summed E-state index contributed by atoms with van der Waals surface area (Å²) in [6.45, 7) is 10.8. The highest BCUT2D eigenvalue weighted by atomic mass is 19.1. The average molecular weight is 506 g/mol. The summed E-state index contributed by atoms with van der Waals surface area (Å²) >= 11 is 0. The van der Waals surface area contributed by atoms with E-state index in [9.17, 15) is 14.0 Å². The third-order valence-corrected chi connectivity index (χ3v) is 7.06. The number of carbonyl (C=O) groups is 2. The molecule has 8 heteroatoms. The van der Waals surface area contributed by atoms with E-state index in [2.05, 4.69) is 39.4 Å². The normalized spacial score (nSPS) is 21.3. The molecule has 2 aromatic rings. The van der Waals surface area contributed by atoms with Gasteiger partial charge in [0.2, 0.25) is 0 Å². The van der Waals surface area contributed by atoms with Crippen LogP contribution in [0.5, 0.6) is 0 Å². The van der Waals surface area contributed by atoms with Crippen molar-refractivity contribution >= 4 is 28.7 Å². The van der Waals surface area contributed by atoms with Crippen LogP contribution in [0.1, 0.15) is 37.5 Å². The standard InChI is InChI=1S/C29H32FN3O4/c1-4-36-26(34)18-33-13-11-32(12-14-33)17-19-5-7-20(8-6-19)23-16-25(37-29(23,2)3)27-22-15-21(30)9-10-24(22)31-28(27)35/h5-10,15-16H,4,11-14,17-18H2,1-3H3,(H,31,35)/b27-25+. The largest absolute Gasteiger partial charge is 0.482 e. The van der Waals surface area contributed by atoms with Crippen molar-refractivity contribution in [2.75, 3.05) is 44.6 Å². The maximum atomic E-state index is 13.9. The quantitative estimate of drug-likeness (QED) is 0.472. The van der Waals surface area contributed by atoms with Gasteiger partial charge in [0, 0.05) is 49.5 Å². The molecular formula is C29H32FN3O4. The van der Waals surface area contributed by atoms with Crippen LogP contribution in [-0.4, -0.2) is 66.6 Å². The Balaban J connectivity index is 1.28. The molecule has 194 valence electrons. The van der Waals surface area contributed by atoms with Gasteiger partial charge in [-0.1, -0.05) is 24.3 Å². The molecule has 2 aromatic carbocycles. The minimum atomic E-state index is -0.643. The number of rotatable bonds is 6. The Kier molecular flexibility index (Phi) is 6.88. The molecule has 1 amide bonds. The van der Waals surface area contributed by atoms with Gasteiger partial charge in [0.25, 0.3) is 5.91 Å². The number of nitrogens with zero attached hydrogens (tertiary/aromatic N) is 2. The van der Waals surface area contributed by atoms with E-state index in [0.29, 0.717) is 35.7 Å². The zero-order chi connectivity index (χ0) is 26.2. The van der Waals surface area contributed by atoms with Gasteiger partial charge in [-0.25, -0.2) is 4.39 Å². The van der Waals surface area contributed by atoms with Gasteiger partial charge in [-0.15, -0.1) is 0 Å². The van der Waals surface area contributed by atoms with Crippen molar-refractivity contribution in [2.24, 2.45) is 0 Å². The lowest BCUT2D eigenvalue weighted by molar-refractivity contribution is -0.144. The van der Waals surface area contributed by atoms with Crippen LogP contribution in [0.4, 0.5) is 10.1 Å². The van der Waals surface area contributed by atoms with Crippen LogP contribution in [0.25, 0.3) is 11.1 Å². The predicted molar refractivity (Wildman–Crippen MR) is 140 cm³/mol. The topological polar surface area (TPSA) is 71.1 Å². The molecule has 1 N–H and O–H groups in total. The number of amides is 1. The zero-order valence-electron chi connectivity index (χ0n) is 21.5. The maximum absolute atomic E-state index is 13.9. The fourth-order valence-corrected chi connectivity index (χ4v) is 5.15. The van der Waals surface area contributed by atoms with Crippen LogP contribution in [-0.2, 0) is 25.6 Å². The molecule has 5 rings (SSSR count). The highest BCUT2D eigenvalue weighted by molar-refractivity contribution is 6.32. The molecule has 1 saturated heterocycles. The van der Waals surface area contributed by atoms with E-state index in [1.807, 2.05) is 26.8 Å². The van der Waals surface area contributed by atoms with Crippen molar-refractivity contribution < 1.29 is 23.5 Å². The van der Waals surface area contributed by atoms with Crippen molar-refractivity contribution in [1.82, 2.24) is 9.80 Å². The number of hydrogen-bond acceptors (Lipinski definition) is 6. The van der Waals surface area contributed by atoms with Crippen molar-refractivity contribution in [3.05, 3.63) is 76.8 Å². The summed E-state index contributed by atoms with van der Waals surface area (Å²) in [6, 6.07) is 12.7. The van der Waals surface area contributed by atoms with Crippen LogP contribution >= 0.6 is 0 Å². The smallest absolute Gasteiger partial charge is 0.320 e. The summed E-state index contributed by atoms with van der Waals surface area (Å²) < 4.78 is 25.2. The Morgan fingerprint density at radius 3 is 2.49 bits per heavy atom. The first-order valence-corrected chi connectivity index (χ1v) is 12.7. The molecule has 3 aliphatic heterocycles. The number of allylic oxidation sites excluding steroid dienone is 1. The van der Waals surface area contributed by atoms with Crippen molar-refractivity contribution in [1.29, 1.82) is 0 Å². The molecule has 0 atom stereocenters. The highest BCUT2D eigenvalue weighted by Gasteiger charge is 2.38. The highest BCUT2D eigenvalue weighted by Crippen LogP contribution is 2.44. The number of halogens is 1. The van der Waals surface area contributed by atoms with Crippen LogP contribution in [0.2, 0.25) is 0 Å². The number of nitrogens with one attached hydrogen (secondary N) is 1. The predicted octanol–water partition coefficient (Wildman–Crippen LogP) is 4.06. The fraction of sp³-hybridized carbons (Fsp3) is 0.379. The summed E-state index contributed by atoms with van der Waals surface area (Å²) in [5.41, 5.74) is 4.01. The molecule has 0 unspecified atom stereocenters. The van der Waals surface area contributed by atoms with Gasteiger partial charge < -0.3 is 14.8 Å². The third kappa shape index (κ3) is 5.31. The molecule has 0 bridgehead atoms. The molecular weight excluding hydrogens is 473 g/mol. The van der Waals surface area contributed by atoms with E-state index in [4.69, 9.17) is 9.47 Å². The minimum Gasteiger partial charge on any atom is -0.482 e. The van der Waals surface area contributed by atoms with E-state index >= 15 is 0 Å². The Morgan fingerprint density at radius 2 is 1.78 bits per heavy atom. The Labute approximate surface area is 216 Å². The third-order valence-electron chi connectivity index (χ3n) is 7.06. The van der Waals surface area contributed by atoms with Gasteiger partial charge in [0.1, 0.15) is 17.2 Å². The number of esters is 1. The Hall–Kier alpha value is -3.49. The van der Waals surface area contributed by atoms with Gasteiger partial charge in [0.15, 0.2) is 0 Å². The van der Waals surface area contributed by atoms with Crippen molar-refractivity contribution in [3.8, 4) is 0 Å². The Morgan fingerprint density at radius 1 is 1.08 bits per heavy atom. The minimum absolute atomic E-state index is 0.164. The van der Waals surface area contributed by atoms with E-state index < -0.39 is 11.4 Å². The molecule has 0 aliphatic carbocycles. The monoisotopic (exact) mass is 505 g/mol. The van der Waals surface area contributed by atoms with Crippen molar-refractivity contribution in [3.63, 3.8) is 0 Å². The fourth-order valence-electron chi connectivity index (χ4n) is 5.15. The van der Waals surface area contributed by atoms with Crippen molar-refractivity contribution in [2.45, 2.75) is 32.9 Å². The second kappa shape index (κ2) is 10.1. The first-order valence-electron chi connectivity index (χ1n) is 12.7. The van der Waals surface area contributed by atoms with Crippen LogP contribution in [0.15, 0.2) is 54.3 Å². The number of hydrogen-bond donors (Lipinski definition) is 1. The van der Waals surface area contributed by atoms with E-state index in [1.165, 1.54) is 17.7 Å². The van der Waals surface area contributed by atoms with E-state index in [0.717, 1.165) is 43.9 Å². The number of carbonyl (C=O) groups excluding carboxylic acids is 2. The van der Waals surface area contributed by atoms with E-state index in [-0.39, 0.29) is 11.9 Å². The summed E-state index contributed by atoms with van der Waals surface area (Å²) in [4.78, 5) is 28.9. The van der Waals surface area contributed by atoms with Gasteiger partial charge >= 0.3 is 5.97 Å². The number of ether oxygens (including phenoxy) is 2. The lowest BCUT2D eigenvalue weighted by Crippen LogP contribution is -2.47. The summed E-state index contributed by atoms with van der Waals surface area (Å²) in [7, 11) is 0. The Bertz CT molecular complexity index is 1270. The molecule has 0 spiro atoms. The molecule has 0 saturated carbocycles. The van der Waals surface area contributed by atoms with Crippen LogP contribution in [0, 0.1) is 5.82 Å². The van der Waals surface area contributed by atoms with Crippen LogP contribution < -0.4 is 5.32 Å². The van der Waals surface area contributed by atoms with Gasteiger partial charge in [-0.3, -0.25) is 19.4 Å². The molecule has 1 fully saturated rings. The van der Waals surface area contributed by atoms with Gasteiger partial charge in [0.05, 0.1) is 18.7 Å². The number of fused-ring (bicyclic) bond motifs is 1. The molecule has 0 aromatic heterocycles. The SMILES string of the molecule is CCOC(=O)CN1CCN(Cc2ccc(C3=C/C(=C4\C(=O)Nc5ccc(F)cc54)OC3(C)C)cc2)CC1. The molecule has 3 aliphatic rings.